The van der Waals surface area contributed by atoms with Crippen LogP contribution in [0.15, 0.2) is 36.7 Å². The van der Waals surface area contributed by atoms with E-state index in [1.165, 1.54) is 7.11 Å². The van der Waals surface area contributed by atoms with Crippen LogP contribution in [-0.2, 0) is 6.42 Å². The number of nitrogens with one attached hydrogen (secondary N) is 1. The molecule has 3 aromatic heterocycles. The normalized spacial score (nSPS) is 15.1. The topological polar surface area (TPSA) is 64.3 Å². The molecule has 0 radical (unpaired) electrons. The average molecular weight is 389 g/mol. The van der Waals surface area contributed by atoms with Crippen LogP contribution in [0.5, 0.6) is 5.88 Å². The summed E-state index contributed by atoms with van der Waals surface area (Å²) < 4.78 is 45.8. The first kappa shape index (κ1) is 18.3. The minimum absolute atomic E-state index is 0.0899. The van der Waals surface area contributed by atoms with Gasteiger partial charge in [0.1, 0.15) is 6.04 Å². The highest BCUT2D eigenvalue weighted by molar-refractivity contribution is 5.85. The number of nitrogens with zero attached hydrogens (tertiary/aromatic N) is 4. The molecule has 28 heavy (non-hydrogen) atoms. The van der Waals surface area contributed by atoms with Gasteiger partial charge in [-0.2, -0.15) is 23.3 Å². The third-order valence-electron chi connectivity index (χ3n) is 4.69. The Kier molecular flexibility index (Phi) is 4.44. The van der Waals surface area contributed by atoms with Gasteiger partial charge >= 0.3 is 6.18 Å². The molecule has 0 spiro atoms. The molecule has 9 heteroatoms. The molecule has 0 saturated heterocycles. The lowest BCUT2D eigenvalue weighted by Crippen LogP contribution is -2.34. The number of methoxy groups -OCH3 is 1. The monoisotopic (exact) mass is 389 g/mol. The van der Waals surface area contributed by atoms with Gasteiger partial charge in [0, 0.05) is 12.4 Å². The van der Waals surface area contributed by atoms with Gasteiger partial charge in [0.15, 0.2) is 0 Å². The predicted molar refractivity (Wildman–Crippen MR) is 98.3 cm³/mol. The second kappa shape index (κ2) is 6.81. The van der Waals surface area contributed by atoms with Gasteiger partial charge in [0.25, 0.3) is 0 Å². The Morgan fingerprint density at radius 1 is 1.25 bits per heavy atom. The molecule has 0 unspecified atom stereocenters. The summed E-state index contributed by atoms with van der Waals surface area (Å²) in [4.78, 5) is 8.53. The highest BCUT2D eigenvalue weighted by Crippen LogP contribution is 2.37. The number of rotatable bonds is 4. The van der Waals surface area contributed by atoms with E-state index in [0.29, 0.717) is 17.7 Å². The number of pyridine rings is 1. The van der Waals surface area contributed by atoms with Gasteiger partial charge in [0.2, 0.25) is 11.8 Å². The Balaban J connectivity index is 1.76. The van der Waals surface area contributed by atoms with Crippen molar-refractivity contribution < 1.29 is 17.9 Å². The van der Waals surface area contributed by atoms with Crippen LogP contribution in [-0.4, -0.2) is 38.9 Å². The molecule has 6 nitrogen and oxygen atoms in total. The summed E-state index contributed by atoms with van der Waals surface area (Å²) >= 11 is 0. The van der Waals surface area contributed by atoms with Crippen molar-refractivity contribution in [3.63, 3.8) is 0 Å². The van der Waals surface area contributed by atoms with E-state index in [-0.39, 0.29) is 11.8 Å². The Hall–Kier alpha value is -3.10. The van der Waals surface area contributed by atoms with Crippen LogP contribution >= 0.6 is 0 Å². The SMILES string of the molecule is COc1nc(N[C@H](C)C(F)(F)F)nc2c1C(c1ccn3nccc3c1)=CCC2. The molecular formula is C19H18F3N5O. The van der Waals surface area contributed by atoms with E-state index < -0.39 is 12.2 Å². The fourth-order valence-electron chi connectivity index (χ4n) is 3.23. The lowest BCUT2D eigenvalue weighted by atomic mass is 9.90. The smallest absolute Gasteiger partial charge is 0.408 e. The summed E-state index contributed by atoms with van der Waals surface area (Å²) in [6, 6.07) is 4.05. The van der Waals surface area contributed by atoms with Gasteiger partial charge < -0.3 is 10.1 Å². The van der Waals surface area contributed by atoms with Gasteiger partial charge in [-0.1, -0.05) is 6.08 Å². The molecule has 0 amide bonds. The first-order valence-corrected chi connectivity index (χ1v) is 8.79. The van der Waals surface area contributed by atoms with Gasteiger partial charge in [-0.25, -0.2) is 9.50 Å². The molecule has 0 aliphatic heterocycles. The van der Waals surface area contributed by atoms with Crippen LogP contribution in [0.2, 0.25) is 0 Å². The number of hydrogen-bond acceptors (Lipinski definition) is 5. The highest BCUT2D eigenvalue weighted by Gasteiger charge is 2.37. The summed E-state index contributed by atoms with van der Waals surface area (Å²) in [5, 5.41) is 6.51. The van der Waals surface area contributed by atoms with Crippen LogP contribution in [0.3, 0.4) is 0 Å². The van der Waals surface area contributed by atoms with Crippen molar-refractivity contribution in [3.05, 3.63) is 53.5 Å². The Morgan fingerprint density at radius 2 is 2.07 bits per heavy atom. The maximum Gasteiger partial charge on any atom is 0.408 e. The van der Waals surface area contributed by atoms with Gasteiger partial charge in [-0.3, -0.25) is 0 Å². The van der Waals surface area contributed by atoms with Crippen LogP contribution in [0, 0.1) is 0 Å². The number of aromatic nitrogens is 4. The van der Waals surface area contributed by atoms with Crippen LogP contribution in [0.25, 0.3) is 11.1 Å². The Morgan fingerprint density at radius 3 is 2.82 bits per heavy atom. The van der Waals surface area contributed by atoms with Crippen molar-refractivity contribution in [1.29, 1.82) is 0 Å². The standard InChI is InChI=1S/C19H18F3N5O/c1-11(19(20,21)22)24-18-25-15-5-3-4-14(16(15)17(26-18)28-2)12-7-9-27-13(10-12)6-8-23-27/h4,6-11H,3,5H2,1-2H3,(H,24,25,26)/t11-/m1/s1. The Labute approximate surface area is 159 Å². The van der Waals surface area contributed by atoms with E-state index in [9.17, 15) is 13.2 Å². The minimum Gasteiger partial charge on any atom is -0.480 e. The number of alkyl halides is 3. The molecule has 4 rings (SSSR count). The maximum atomic E-state index is 12.9. The molecule has 1 atom stereocenters. The molecule has 3 aromatic rings. The van der Waals surface area contributed by atoms with E-state index in [0.717, 1.165) is 30.0 Å². The number of hydrogen-bond donors (Lipinski definition) is 1. The van der Waals surface area contributed by atoms with Crippen molar-refractivity contribution >= 4 is 17.0 Å². The molecule has 1 aliphatic carbocycles. The van der Waals surface area contributed by atoms with E-state index in [1.807, 2.05) is 24.4 Å². The van der Waals surface area contributed by atoms with E-state index in [2.05, 4.69) is 26.5 Å². The zero-order chi connectivity index (χ0) is 19.9. The van der Waals surface area contributed by atoms with Gasteiger partial charge in [-0.15, -0.1) is 0 Å². The Bertz CT molecular complexity index is 1060. The quantitative estimate of drug-likeness (QED) is 0.734. The van der Waals surface area contributed by atoms with Crippen LogP contribution in [0.4, 0.5) is 19.1 Å². The summed E-state index contributed by atoms with van der Waals surface area (Å²) in [5.74, 6) is 0.161. The molecule has 0 saturated carbocycles. The molecule has 0 fully saturated rings. The number of allylic oxidation sites excluding steroid dienone is 1. The number of anilines is 1. The molecule has 146 valence electrons. The third-order valence-corrected chi connectivity index (χ3v) is 4.69. The van der Waals surface area contributed by atoms with Gasteiger partial charge in [0.05, 0.1) is 23.9 Å². The van der Waals surface area contributed by atoms with Crippen molar-refractivity contribution in [3.8, 4) is 5.88 Å². The number of halogens is 3. The third kappa shape index (κ3) is 3.28. The molecule has 1 N–H and O–H groups in total. The number of ether oxygens (including phenoxy) is 1. The van der Waals surface area contributed by atoms with Crippen molar-refractivity contribution in [2.24, 2.45) is 0 Å². The van der Waals surface area contributed by atoms with Crippen molar-refractivity contribution in [2.75, 3.05) is 12.4 Å². The molecule has 3 heterocycles. The summed E-state index contributed by atoms with van der Waals surface area (Å²) in [6.45, 7) is 1.03. The van der Waals surface area contributed by atoms with E-state index in [1.54, 1.807) is 10.7 Å². The minimum atomic E-state index is -4.39. The molecule has 1 aliphatic rings. The lowest BCUT2D eigenvalue weighted by Gasteiger charge is -2.22. The molecule has 0 aromatic carbocycles. The lowest BCUT2D eigenvalue weighted by molar-refractivity contribution is -0.138. The van der Waals surface area contributed by atoms with Crippen LogP contribution in [0.1, 0.15) is 30.2 Å². The highest BCUT2D eigenvalue weighted by atomic mass is 19.4. The van der Waals surface area contributed by atoms with E-state index >= 15 is 0 Å². The second-order valence-corrected chi connectivity index (χ2v) is 6.56. The zero-order valence-corrected chi connectivity index (χ0v) is 15.3. The maximum absolute atomic E-state index is 12.9. The summed E-state index contributed by atoms with van der Waals surface area (Å²) in [7, 11) is 1.45. The molecular weight excluding hydrogens is 371 g/mol. The average Bonchev–Trinajstić information content (AvgIpc) is 3.13. The number of aryl methyl sites for hydroxylation is 1. The predicted octanol–water partition coefficient (Wildman–Crippen LogP) is 3.87. The fraction of sp³-hybridized carbons (Fsp3) is 0.316. The molecule has 0 bridgehead atoms. The summed E-state index contributed by atoms with van der Waals surface area (Å²) in [6.07, 6.45) is 2.57. The first-order chi connectivity index (χ1) is 13.4. The van der Waals surface area contributed by atoms with Crippen LogP contribution < -0.4 is 10.1 Å². The first-order valence-electron chi connectivity index (χ1n) is 8.79. The van der Waals surface area contributed by atoms with Crippen molar-refractivity contribution in [1.82, 2.24) is 19.6 Å². The van der Waals surface area contributed by atoms with E-state index in [4.69, 9.17) is 4.74 Å². The van der Waals surface area contributed by atoms with Gasteiger partial charge in [-0.05, 0) is 49.1 Å². The number of fused-ring (bicyclic) bond motifs is 2. The summed E-state index contributed by atoms with van der Waals surface area (Å²) in [5.41, 5.74) is 4.15. The van der Waals surface area contributed by atoms with Crippen molar-refractivity contribution in [2.45, 2.75) is 32.0 Å². The zero-order valence-electron chi connectivity index (χ0n) is 15.3. The fourth-order valence-corrected chi connectivity index (χ4v) is 3.23. The largest absolute Gasteiger partial charge is 0.480 e. The second-order valence-electron chi connectivity index (χ2n) is 6.56.